The van der Waals surface area contributed by atoms with Crippen LogP contribution in [-0.2, 0) is 0 Å². The summed E-state index contributed by atoms with van der Waals surface area (Å²) in [5, 5.41) is 0. The Balaban J connectivity index is 2.21. The number of rotatable bonds is 1. The zero-order valence-corrected chi connectivity index (χ0v) is 7.40. The molecule has 1 N–H and O–H groups in total. The van der Waals surface area contributed by atoms with Crippen LogP contribution in [0.4, 0.5) is 0 Å². The van der Waals surface area contributed by atoms with E-state index in [4.69, 9.17) is 4.42 Å². The number of nitrogens with one attached hydrogen (secondary N) is 1. The maximum atomic E-state index is 5.35. The van der Waals surface area contributed by atoms with Gasteiger partial charge in [-0.3, -0.25) is 0 Å². The molecule has 0 fully saturated rings. The maximum absolute atomic E-state index is 5.35. The van der Waals surface area contributed by atoms with Crippen molar-refractivity contribution < 1.29 is 4.42 Å². The molecule has 0 unspecified atom stereocenters. The summed E-state index contributed by atoms with van der Waals surface area (Å²) in [5.74, 6) is 1.76. The zero-order valence-electron chi connectivity index (χ0n) is 7.40. The predicted molar refractivity (Wildman–Crippen MR) is 52.9 cm³/mol. The van der Waals surface area contributed by atoms with Crippen LogP contribution in [0.1, 0.15) is 0 Å². The minimum atomic E-state index is 0.872. The summed E-state index contributed by atoms with van der Waals surface area (Å²) in [6, 6.07) is 7.94. The van der Waals surface area contributed by atoms with Gasteiger partial charge >= 0.3 is 0 Å². The number of hydrogen-bond acceptors (Lipinski definition) is 2. The standard InChI is InChI=1S/C11H8N2O/c1-2-8-6-9(7-10(8)14-5-1)11-12-3-4-13-11/h1-7H,(H,12,13). The first-order chi connectivity index (χ1) is 6.93. The lowest BCUT2D eigenvalue weighted by atomic mass is 10.2. The van der Waals surface area contributed by atoms with Crippen molar-refractivity contribution in [2.45, 2.75) is 0 Å². The molecule has 1 aliphatic carbocycles. The number of aromatic amines is 1. The Kier molecular flexibility index (Phi) is 1.44. The average molecular weight is 184 g/mol. The van der Waals surface area contributed by atoms with Crippen LogP contribution in [0.5, 0.6) is 0 Å². The second kappa shape index (κ2) is 2.73. The molecular formula is C11H8N2O. The summed E-state index contributed by atoms with van der Waals surface area (Å²) in [4.78, 5) is 7.25. The summed E-state index contributed by atoms with van der Waals surface area (Å²) >= 11 is 0. The van der Waals surface area contributed by atoms with Gasteiger partial charge in [-0.2, -0.15) is 0 Å². The van der Waals surface area contributed by atoms with E-state index < -0.39 is 0 Å². The molecule has 3 nitrogen and oxygen atoms in total. The molecule has 0 amide bonds. The van der Waals surface area contributed by atoms with Gasteiger partial charge in [0.05, 0.1) is 6.26 Å². The summed E-state index contributed by atoms with van der Waals surface area (Å²) in [5.41, 5.74) is 2.15. The Morgan fingerprint density at radius 3 is 3.00 bits per heavy atom. The summed E-state index contributed by atoms with van der Waals surface area (Å²) in [6.45, 7) is 0. The highest BCUT2D eigenvalue weighted by atomic mass is 16.3. The van der Waals surface area contributed by atoms with Gasteiger partial charge in [0.25, 0.3) is 0 Å². The minimum Gasteiger partial charge on any atom is -0.464 e. The van der Waals surface area contributed by atoms with Crippen LogP contribution in [0.15, 0.2) is 47.3 Å². The van der Waals surface area contributed by atoms with Crippen molar-refractivity contribution in [3.8, 4) is 22.7 Å². The minimum absolute atomic E-state index is 0.872. The Morgan fingerprint density at radius 1 is 1.21 bits per heavy atom. The van der Waals surface area contributed by atoms with E-state index >= 15 is 0 Å². The molecule has 0 radical (unpaired) electrons. The topological polar surface area (TPSA) is 41.8 Å². The lowest BCUT2D eigenvalue weighted by Gasteiger charge is -1.91. The maximum Gasteiger partial charge on any atom is 0.137 e. The van der Waals surface area contributed by atoms with E-state index in [2.05, 4.69) is 16.0 Å². The summed E-state index contributed by atoms with van der Waals surface area (Å²) in [7, 11) is 0. The molecule has 0 saturated carbocycles. The Hall–Kier alpha value is -2.03. The molecule has 2 aliphatic rings. The van der Waals surface area contributed by atoms with Crippen LogP contribution in [0.2, 0.25) is 0 Å². The van der Waals surface area contributed by atoms with Crippen LogP contribution in [0.25, 0.3) is 22.7 Å². The lowest BCUT2D eigenvalue weighted by molar-refractivity contribution is 0.567. The van der Waals surface area contributed by atoms with Crippen molar-refractivity contribution >= 4 is 0 Å². The van der Waals surface area contributed by atoms with Crippen LogP contribution in [0.3, 0.4) is 0 Å². The average Bonchev–Trinajstić information content (AvgIpc) is 2.86. The first kappa shape index (κ1) is 7.38. The van der Waals surface area contributed by atoms with Gasteiger partial charge in [-0.1, -0.05) is 0 Å². The molecule has 1 aromatic heterocycles. The number of aromatic nitrogens is 2. The molecule has 3 rings (SSSR count). The molecule has 1 aliphatic heterocycles. The molecule has 1 aromatic rings. The predicted octanol–water partition coefficient (Wildman–Crippen LogP) is 2.77. The molecule has 0 bridgehead atoms. The Morgan fingerprint density at radius 2 is 2.21 bits per heavy atom. The van der Waals surface area contributed by atoms with Crippen molar-refractivity contribution in [2.24, 2.45) is 0 Å². The number of fused-ring (bicyclic) bond motifs is 1. The smallest absolute Gasteiger partial charge is 0.137 e. The van der Waals surface area contributed by atoms with Gasteiger partial charge in [0.1, 0.15) is 11.6 Å². The molecule has 14 heavy (non-hydrogen) atoms. The monoisotopic (exact) mass is 184 g/mol. The van der Waals surface area contributed by atoms with E-state index in [0.717, 1.165) is 22.7 Å². The van der Waals surface area contributed by atoms with Crippen LogP contribution in [0, 0.1) is 0 Å². The van der Waals surface area contributed by atoms with E-state index in [9.17, 15) is 0 Å². The van der Waals surface area contributed by atoms with E-state index in [1.165, 1.54) is 0 Å². The summed E-state index contributed by atoms with van der Waals surface area (Å²) < 4.78 is 5.35. The SMILES string of the molecule is c1coc2cc(-c3ncc[nH]3)cc-2c1. The molecule has 0 aromatic carbocycles. The van der Waals surface area contributed by atoms with Gasteiger partial charge in [-0.05, 0) is 24.3 Å². The molecule has 0 atom stereocenters. The molecule has 0 spiro atoms. The quantitative estimate of drug-likeness (QED) is 0.631. The number of imidazole rings is 1. The highest BCUT2D eigenvalue weighted by Gasteiger charge is 2.10. The van der Waals surface area contributed by atoms with E-state index in [1.807, 2.05) is 24.4 Å². The van der Waals surface area contributed by atoms with E-state index in [0.29, 0.717) is 0 Å². The molecular weight excluding hydrogens is 176 g/mol. The van der Waals surface area contributed by atoms with E-state index in [1.54, 1.807) is 12.5 Å². The van der Waals surface area contributed by atoms with Gasteiger partial charge < -0.3 is 9.40 Å². The molecule has 2 heterocycles. The normalized spacial score (nSPS) is 10.9. The first-order valence-electron chi connectivity index (χ1n) is 4.40. The molecule has 0 saturated heterocycles. The lowest BCUT2D eigenvalue weighted by Crippen LogP contribution is -1.73. The second-order valence-corrected chi connectivity index (χ2v) is 3.11. The second-order valence-electron chi connectivity index (χ2n) is 3.11. The molecule has 68 valence electrons. The Labute approximate surface area is 80.7 Å². The highest BCUT2D eigenvalue weighted by molar-refractivity contribution is 5.73. The Bertz CT molecular complexity index is 480. The third kappa shape index (κ3) is 1.03. The summed E-state index contributed by atoms with van der Waals surface area (Å²) in [6.07, 6.45) is 5.22. The first-order valence-corrected chi connectivity index (χ1v) is 4.40. The van der Waals surface area contributed by atoms with Gasteiger partial charge in [0.15, 0.2) is 0 Å². The van der Waals surface area contributed by atoms with Gasteiger partial charge in [-0.15, -0.1) is 0 Å². The number of H-pyrrole nitrogens is 1. The van der Waals surface area contributed by atoms with E-state index in [-0.39, 0.29) is 0 Å². The van der Waals surface area contributed by atoms with Crippen molar-refractivity contribution in [3.63, 3.8) is 0 Å². The fourth-order valence-corrected chi connectivity index (χ4v) is 1.55. The van der Waals surface area contributed by atoms with Crippen LogP contribution in [-0.4, -0.2) is 9.97 Å². The third-order valence-electron chi connectivity index (χ3n) is 2.20. The van der Waals surface area contributed by atoms with Crippen molar-refractivity contribution in [3.05, 3.63) is 42.9 Å². The van der Waals surface area contributed by atoms with Gasteiger partial charge in [0.2, 0.25) is 0 Å². The van der Waals surface area contributed by atoms with Crippen LogP contribution < -0.4 is 0 Å². The highest BCUT2D eigenvalue weighted by Crippen LogP contribution is 2.30. The van der Waals surface area contributed by atoms with Gasteiger partial charge in [-0.25, -0.2) is 4.98 Å². The van der Waals surface area contributed by atoms with Crippen molar-refractivity contribution in [1.82, 2.24) is 9.97 Å². The zero-order chi connectivity index (χ0) is 9.38. The number of hydrogen-bond donors (Lipinski definition) is 1. The molecule has 3 heteroatoms. The van der Waals surface area contributed by atoms with Gasteiger partial charge in [0, 0.05) is 23.5 Å². The largest absolute Gasteiger partial charge is 0.464 e. The fraction of sp³-hybridized carbons (Fsp3) is 0. The number of nitrogens with zero attached hydrogens (tertiary/aromatic N) is 1. The fourth-order valence-electron chi connectivity index (χ4n) is 1.55. The van der Waals surface area contributed by atoms with Crippen LogP contribution >= 0.6 is 0 Å². The third-order valence-corrected chi connectivity index (χ3v) is 2.20. The van der Waals surface area contributed by atoms with Crippen molar-refractivity contribution in [1.29, 1.82) is 0 Å². The van der Waals surface area contributed by atoms with Crippen molar-refractivity contribution in [2.75, 3.05) is 0 Å².